The average Bonchev–Trinajstić information content (AvgIpc) is 3.70. The van der Waals surface area contributed by atoms with Crippen LogP contribution in [0.4, 0.5) is 0 Å². The van der Waals surface area contributed by atoms with Crippen LogP contribution in [0.5, 0.6) is 0 Å². The summed E-state index contributed by atoms with van der Waals surface area (Å²) in [6.45, 7) is 9.36. The highest BCUT2D eigenvalue weighted by molar-refractivity contribution is 7.47. The van der Waals surface area contributed by atoms with Crippen LogP contribution in [0.25, 0.3) is 0 Å². The first-order valence-electron chi connectivity index (χ1n) is 36.5. The van der Waals surface area contributed by atoms with Gasteiger partial charge in [0.25, 0.3) is 0 Å². The Hall–Kier alpha value is -1.94. The largest absolute Gasteiger partial charge is 0.472 e. The molecular formula is C70H136O17P2. The van der Waals surface area contributed by atoms with Crippen molar-refractivity contribution in [3.05, 3.63) is 0 Å². The molecule has 19 heteroatoms. The number of aliphatic hydroxyl groups excluding tert-OH is 1. The van der Waals surface area contributed by atoms with Crippen molar-refractivity contribution in [2.45, 2.75) is 374 Å². The third kappa shape index (κ3) is 64.6. The summed E-state index contributed by atoms with van der Waals surface area (Å²) >= 11 is 0. The number of aliphatic hydroxyl groups is 1. The van der Waals surface area contributed by atoms with Gasteiger partial charge in [-0.2, -0.15) is 0 Å². The van der Waals surface area contributed by atoms with Crippen molar-refractivity contribution in [2.75, 3.05) is 39.6 Å². The zero-order chi connectivity index (χ0) is 65.7. The van der Waals surface area contributed by atoms with E-state index in [0.717, 1.165) is 96.3 Å². The molecule has 0 spiro atoms. The molecule has 0 fully saturated rings. The van der Waals surface area contributed by atoms with Gasteiger partial charge in [0.1, 0.15) is 19.3 Å². The molecule has 0 saturated heterocycles. The van der Waals surface area contributed by atoms with Gasteiger partial charge < -0.3 is 33.8 Å². The summed E-state index contributed by atoms with van der Waals surface area (Å²) in [4.78, 5) is 72.4. The quantitative estimate of drug-likeness (QED) is 0.0222. The monoisotopic (exact) mass is 1310 g/mol. The highest BCUT2D eigenvalue weighted by Crippen LogP contribution is 2.45. The van der Waals surface area contributed by atoms with E-state index < -0.39 is 97.5 Å². The summed E-state index contributed by atoms with van der Waals surface area (Å²) in [5.74, 6) is -0.783. The van der Waals surface area contributed by atoms with Crippen molar-refractivity contribution >= 4 is 39.5 Å². The Morgan fingerprint density at radius 3 is 0.764 bits per heavy atom. The predicted molar refractivity (Wildman–Crippen MR) is 358 cm³/mol. The molecule has 0 bridgehead atoms. The lowest BCUT2D eigenvalue weighted by Gasteiger charge is -2.21. The third-order valence-electron chi connectivity index (χ3n) is 16.2. The molecular weight excluding hydrogens is 1170 g/mol. The molecule has 0 rings (SSSR count). The van der Waals surface area contributed by atoms with Gasteiger partial charge in [0.15, 0.2) is 12.2 Å². The van der Waals surface area contributed by atoms with E-state index >= 15 is 0 Å². The van der Waals surface area contributed by atoms with Crippen molar-refractivity contribution in [1.29, 1.82) is 0 Å². The minimum absolute atomic E-state index is 0.101. The zero-order valence-electron chi connectivity index (χ0n) is 57.7. The van der Waals surface area contributed by atoms with Crippen LogP contribution in [-0.4, -0.2) is 96.7 Å². The summed E-state index contributed by atoms with van der Waals surface area (Å²) in [6.07, 6.45) is 47.7. The van der Waals surface area contributed by atoms with Gasteiger partial charge in [-0.3, -0.25) is 37.3 Å². The standard InChI is InChI=1S/C70H136O17P2/c1-7-9-11-13-15-17-19-20-21-22-23-24-25-26-27-29-31-33-42-48-54-69(74)86-65(58-80-67(72)52-46-40-32-30-28-18-16-14-12-10-8-2)60-84-88(76,77)82-56-64(71)57-83-89(78,79)85-61-66(87-70(75)55-49-43-37-35-39-45-51-63(5)6)59-81-68(73)53-47-41-36-34-38-44-50-62(3)4/h62-66,71H,7-61H2,1-6H3,(H,76,77)(H,78,79)/t64-,65-,66-/m1/s1. The lowest BCUT2D eigenvalue weighted by molar-refractivity contribution is -0.161. The molecule has 5 atom stereocenters. The fraction of sp³-hybridized carbons (Fsp3) is 0.943. The molecule has 0 aromatic rings. The highest BCUT2D eigenvalue weighted by Gasteiger charge is 2.30. The maximum Gasteiger partial charge on any atom is 0.472 e. The van der Waals surface area contributed by atoms with E-state index in [-0.39, 0.29) is 25.7 Å². The molecule has 3 N–H and O–H groups in total. The molecule has 0 aliphatic rings. The fourth-order valence-corrected chi connectivity index (χ4v) is 12.2. The fourth-order valence-electron chi connectivity index (χ4n) is 10.6. The van der Waals surface area contributed by atoms with E-state index in [0.29, 0.717) is 37.5 Å². The van der Waals surface area contributed by atoms with Crippen LogP contribution in [-0.2, 0) is 65.4 Å². The van der Waals surface area contributed by atoms with Crippen LogP contribution in [0.3, 0.4) is 0 Å². The van der Waals surface area contributed by atoms with E-state index in [2.05, 4.69) is 41.5 Å². The van der Waals surface area contributed by atoms with Crippen LogP contribution < -0.4 is 0 Å². The number of ether oxygens (including phenoxy) is 4. The predicted octanol–water partition coefficient (Wildman–Crippen LogP) is 20.0. The molecule has 2 unspecified atom stereocenters. The molecule has 0 amide bonds. The lowest BCUT2D eigenvalue weighted by Crippen LogP contribution is -2.30. The third-order valence-corrected chi connectivity index (χ3v) is 18.1. The van der Waals surface area contributed by atoms with E-state index in [9.17, 15) is 43.2 Å². The molecule has 89 heavy (non-hydrogen) atoms. The first-order valence-corrected chi connectivity index (χ1v) is 39.5. The maximum absolute atomic E-state index is 13.0. The smallest absolute Gasteiger partial charge is 0.462 e. The van der Waals surface area contributed by atoms with Crippen LogP contribution in [0.2, 0.25) is 0 Å². The summed E-state index contributed by atoms with van der Waals surface area (Å²) in [5, 5.41) is 10.6. The van der Waals surface area contributed by atoms with Gasteiger partial charge in [0.05, 0.1) is 26.4 Å². The Bertz CT molecular complexity index is 1730. The van der Waals surface area contributed by atoms with Gasteiger partial charge >= 0.3 is 39.5 Å². The van der Waals surface area contributed by atoms with Crippen LogP contribution in [0.15, 0.2) is 0 Å². The van der Waals surface area contributed by atoms with Gasteiger partial charge in [0.2, 0.25) is 0 Å². The number of rotatable bonds is 69. The Morgan fingerprint density at radius 1 is 0.303 bits per heavy atom. The second-order valence-electron chi connectivity index (χ2n) is 26.2. The molecule has 0 aromatic heterocycles. The summed E-state index contributed by atoms with van der Waals surface area (Å²) in [6, 6.07) is 0. The summed E-state index contributed by atoms with van der Waals surface area (Å²) in [7, 11) is -9.89. The zero-order valence-corrected chi connectivity index (χ0v) is 59.5. The van der Waals surface area contributed by atoms with Crippen molar-refractivity contribution in [3.63, 3.8) is 0 Å². The van der Waals surface area contributed by atoms with Crippen molar-refractivity contribution in [2.24, 2.45) is 11.8 Å². The van der Waals surface area contributed by atoms with Crippen molar-refractivity contribution in [3.8, 4) is 0 Å². The number of carbonyl (C=O) groups is 4. The maximum atomic E-state index is 13.0. The number of hydrogen-bond donors (Lipinski definition) is 3. The highest BCUT2D eigenvalue weighted by atomic mass is 31.2. The first-order chi connectivity index (χ1) is 42.9. The Labute approximate surface area is 543 Å². The molecule has 17 nitrogen and oxygen atoms in total. The number of phosphoric ester groups is 2. The molecule has 0 aliphatic carbocycles. The first kappa shape index (κ1) is 87.1. The SMILES string of the molecule is CCCCCCCCCCCCCCCCCCCCCCC(=O)O[C@H](COC(=O)CCCCCCCCCCCCC)COP(=O)(O)OC[C@@H](O)COP(=O)(O)OC[C@@H](COC(=O)CCCCCCCCC(C)C)OC(=O)CCCCCCCCC(C)C. The minimum atomic E-state index is -4.95. The molecule has 0 saturated carbocycles. The number of unbranched alkanes of at least 4 members (excludes halogenated alkanes) is 39. The number of esters is 4. The van der Waals surface area contributed by atoms with E-state index in [1.54, 1.807) is 0 Å². The lowest BCUT2D eigenvalue weighted by atomic mass is 10.0. The second-order valence-corrected chi connectivity index (χ2v) is 29.1. The number of hydrogen-bond acceptors (Lipinski definition) is 15. The van der Waals surface area contributed by atoms with Crippen LogP contribution in [0.1, 0.15) is 356 Å². The van der Waals surface area contributed by atoms with Gasteiger partial charge in [-0.25, -0.2) is 9.13 Å². The summed E-state index contributed by atoms with van der Waals surface area (Å²) < 4.78 is 68.1. The average molecular weight is 1310 g/mol. The van der Waals surface area contributed by atoms with Gasteiger partial charge in [-0.1, -0.05) is 305 Å². The van der Waals surface area contributed by atoms with E-state index in [4.69, 9.17) is 37.0 Å². The Kier molecular flexibility index (Phi) is 60.8. The minimum Gasteiger partial charge on any atom is -0.462 e. The second kappa shape index (κ2) is 62.2. The molecule has 0 radical (unpaired) electrons. The van der Waals surface area contributed by atoms with Gasteiger partial charge in [-0.05, 0) is 37.5 Å². The number of phosphoric acid groups is 2. The van der Waals surface area contributed by atoms with Crippen molar-refractivity contribution in [1.82, 2.24) is 0 Å². The Morgan fingerprint density at radius 2 is 0.517 bits per heavy atom. The van der Waals surface area contributed by atoms with E-state index in [1.807, 2.05) is 0 Å². The number of carbonyl (C=O) groups excluding carboxylic acids is 4. The topological polar surface area (TPSA) is 237 Å². The molecule has 0 heterocycles. The van der Waals surface area contributed by atoms with Crippen LogP contribution >= 0.6 is 15.6 Å². The van der Waals surface area contributed by atoms with Gasteiger partial charge in [-0.15, -0.1) is 0 Å². The van der Waals surface area contributed by atoms with Gasteiger partial charge in [0, 0.05) is 25.7 Å². The molecule has 528 valence electrons. The molecule has 0 aromatic carbocycles. The normalized spacial score (nSPS) is 14.1. The van der Waals surface area contributed by atoms with Crippen molar-refractivity contribution < 1.29 is 80.2 Å². The summed E-state index contributed by atoms with van der Waals surface area (Å²) in [5.41, 5.74) is 0. The molecule has 0 aliphatic heterocycles. The van der Waals surface area contributed by atoms with Crippen LogP contribution in [0, 0.1) is 11.8 Å². The Balaban J connectivity index is 5.16. The van der Waals surface area contributed by atoms with E-state index in [1.165, 1.54) is 167 Å².